The highest BCUT2D eigenvalue weighted by Crippen LogP contribution is 2.30. The molecule has 0 bridgehead atoms. The molecule has 2 heterocycles. The van der Waals surface area contributed by atoms with Gasteiger partial charge in [-0.15, -0.1) is 0 Å². The van der Waals surface area contributed by atoms with E-state index in [4.69, 9.17) is 14.2 Å². The van der Waals surface area contributed by atoms with Gasteiger partial charge in [0.1, 0.15) is 16.2 Å². The number of fused-ring (bicyclic) bond motifs is 1. The standard InChI is InChI=1S/C19H17BrFN3O5/c1-3-28-19(26)17(12-8-11(21)4-6-14(12)29-10-27-2)24-9-22-13-5-7-15(20)23-16(13)18(24)25/h4-9,17H,3,10H2,1-2H3. The van der Waals surface area contributed by atoms with Crippen molar-refractivity contribution in [1.29, 1.82) is 0 Å². The third kappa shape index (κ3) is 4.43. The predicted molar refractivity (Wildman–Crippen MR) is 105 cm³/mol. The lowest BCUT2D eigenvalue weighted by molar-refractivity contribution is -0.145. The number of hydrogen-bond donors (Lipinski definition) is 0. The average molecular weight is 466 g/mol. The van der Waals surface area contributed by atoms with Gasteiger partial charge in [-0.05, 0) is 53.2 Å². The van der Waals surface area contributed by atoms with Crippen molar-refractivity contribution in [3.63, 3.8) is 0 Å². The van der Waals surface area contributed by atoms with Crippen LogP contribution in [0.25, 0.3) is 11.0 Å². The second-order valence-electron chi connectivity index (χ2n) is 5.85. The molecule has 2 aromatic heterocycles. The molecule has 0 N–H and O–H groups in total. The monoisotopic (exact) mass is 465 g/mol. The molecule has 0 amide bonds. The zero-order valence-corrected chi connectivity index (χ0v) is 17.2. The summed E-state index contributed by atoms with van der Waals surface area (Å²) in [6.07, 6.45) is 1.20. The Bertz CT molecular complexity index is 1100. The Labute approximate surface area is 173 Å². The lowest BCUT2D eigenvalue weighted by Gasteiger charge is -2.21. The fraction of sp³-hybridized carbons (Fsp3) is 0.263. The highest BCUT2D eigenvalue weighted by molar-refractivity contribution is 9.10. The number of hydrogen-bond acceptors (Lipinski definition) is 7. The Kier molecular flexibility index (Phi) is 6.55. The van der Waals surface area contributed by atoms with Crippen LogP contribution in [0.1, 0.15) is 18.5 Å². The second kappa shape index (κ2) is 9.10. The molecule has 152 valence electrons. The smallest absolute Gasteiger partial charge is 0.334 e. The van der Waals surface area contributed by atoms with E-state index < -0.39 is 23.4 Å². The van der Waals surface area contributed by atoms with Gasteiger partial charge in [0.2, 0.25) is 0 Å². The number of carbonyl (C=O) groups is 1. The van der Waals surface area contributed by atoms with E-state index in [0.29, 0.717) is 10.1 Å². The third-order valence-corrected chi connectivity index (χ3v) is 4.43. The number of aromatic nitrogens is 3. The van der Waals surface area contributed by atoms with Crippen LogP contribution in [-0.2, 0) is 14.3 Å². The summed E-state index contributed by atoms with van der Waals surface area (Å²) in [5.41, 5.74) is -0.0888. The predicted octanol–water partition coefficient (Wildman–Crippen LogP) is 2.83. The van der Waals surface area contributed by atoms with Gasteiger partial charge in [-0.3, -0.25) is 9.36 Å². The quantitative estimate of drug-likeness (QED) is 0.300. The van der Waals surface area contributed by atoms with Crippen LogP contribution in [0, 0.1) is 5.82 Å². The summed E-state index contributed by atoms with van der Waals surface area (Å²) >= 11 is 3.21. The number of rotatable bonds is 7. The fourth-order valence-corrected chi connectivity index (χ4v) is 3.08. The van der Waals surface area contributed by atoms with Crippen molar-refractivity contribution in [2.45, 2.75) is 13.0 Å². The summed E-state index contributed by atoms with van der Waals surface area (Å²) in [6.45, 7) is 1.56. The van der Waals surface area contributed by atoms with Crippen LogP contribution in [0.2, 0.25) is 0 Å². The van der Waals surface area contributed by atoms with E-state index in [2.05, 4.69) is 25.9 Å². The zero-order chi connectivity index (χ0) is 21.0. The van der Waals surface area contributed by atoms with Crippen LogP contribution in [0.5, 0.6) is 5.75 Å². The van der Waals surface area contributed by atoms with E-state index in [-0.39, 0.29) is 30.2 Å². The minimum absolute atomic E-state index is 0.0481. The number of nitrogens with zero attached hydrogens (tertiary/aromatic N) is 3. The zero-order valence-electron chi connectivity index (χ0n) is 15.6. The third-order valence-electron chi connectivity index (χ3n) is 3.98. The highest BCUT2D eigenvalue weighted by atomic mass is 79.9. The van der Waals surface area contributed by atoms with Gasteiger partial charge in [0.05, 0.1) is 18.5 Å². The van der Waals surface area contributed by atoms with Crippen LogP contribution < -0.4 is 10.3 Å². The van der Waals surface area contributed by atoms with Crippen LogP contribution in [-0.4, -0.2) is 41.0 Å². The molecule has 0 saturated carbocycles. The van der Waals surface area contributed by atoms with Crippen molar-refractivity contribution in [2.75, 3.05) is 20.5 Å². The Morgan fingerprint density at radius 2 is 2.10 bits per heavy atom. The van der Waals surface area contributed by atoms with Gasteiger partial charge >= 0.3 is 5.97 Å². The van der Waals surface area contributed by atoms with E-state index in [1.165, 1.54) is 25.6 Å². The van der Waals surface area contributed by atoms with Gasteiger partial charge in [0.15, 0.2) is 18.4 Å². The van der Waals surface area contributed by atoms with E-state index >= 15 is 0 Å². The van der Waals surface area contributed by atoms with Crippen LogP contribution >= 0.6 is 15.9 Å². The summed E-state index contributed by atoms with van der Waals surface area (Å²) in [4.78, 5) is 34.2. The molecule has 0 radical (unpaired) electrons. The number of carbonyl (C=O) groups excluding carboxylic acids is 1. The van der Waals surface area contributed by atoms with Gasteiger partial charge in [-0.2, -0.15) is 0 Å². The SMILES string of the molecule is CCOC(=O)C(c1cc(F)ccc1OCOC)n1cnc2ccc(Br)nc2c1=O. The lowest BCUT2D eigenvalue weighted by Crippen LogP contribution is -2.33. The number of halogens is 2. The molecular formula is C19H17BrFN3O5. The molecule has 0 saturated heterocycles. The molecule has 0 fully saturated rings. The molecule has 29 heavy (non-hydrogen) atoms. The van der Waals surface area contributed by atoms with Crippen LogP contribution in [0.3, 0.4) is 0 Å². The second-order valence-corrected chi connectivity index (χ2v) is 6.66. The normalized spacial score (nSPS) is 12.0. The summed E-state index contributed by atoms with van der Waals surface area (Å²) < 4.78 is 31.0. The lowest BCUT2D eigenvalue weighted by atomic mass is 10.0. The van der Waals surface area contributed by atoms with Crippen molar-refractivity contribution in [3.8, 4) is 5.75 Å². The first kappa shape index (κ1) is 20.9. The van der Waals surface area contributed by atoms with Crippen molar-refractivity contribution in [1.82, 2.24) is 14.5 Å². The number of esters is 1. The fourth-order valence-electron chi connectivity index (χ4n) is 2.77. The minimum atomic E-state index is -1.33. The number of methoxy groups -OCH3 is 1. The number of benzene rings is 1. The molecule has 0 spiro atoms. The van der Waals surface area contributed by atoms with E-state index in [1.54, 1.807) is 19.1 Å². The van der Waals surface area contributed by atoms with Crippen molar-refractivity contribution in [2.24, 2.45) is 0 Å². The highest BCUT2D eigenvalue weighted by Gasteiger charge is 2.30. The van der Waals surface area contributed by atoms with Gasteiger partial charge in [-0.1, -0.05) is 0 Å². The van der Waals surface area contributed by atoms with E-state index in [0.717, 1.165) is 10.6 Å². The molecule has 8 nitrogen and oxygen atoms in total. The molecule has 0 aliphatic carbocycles. The molecule has 10 heteroatoms. The largest absolute Gasteiger partial charge is 0.467 e. The molecule has 1 aromatic carbocycles. The van der Waals surface area contributed by atoms with Crippen molar-refractivity contribution in [3.05, 3.63) is 63.0 Å². The van der Waals surface area contributed by atoms with Gasteiger partial charge < -0.3 is 14.2 Å². The molecule has 1 unspecified atom stereocenters. The average Bonchev–Trinajstić information content (AvgIpc) is 2.70. The molecule has 0 aliphatic rings. The maximum Gasteiger partial charge on any atom is 0.334 e. The van der Waals surface area contributed by atoms with Gasteiger partial charge in [-0.25, -0.2) is 19.2 Å². The first-order valence-electron chi connectivity index (χ1n) is 8.57. The minimum Gasteiger partial charge on any atom is -0.467 e. The molecule has 3 rings (SSSR count). The first-order chi connectivity index (χ1) is 14.0. The summed E-state index contributed by atoms with van der Waals surface area (Å²) in [5.74, 6) is -1.21. The van der Waals surface area contributed by atoms with E-state index in [1.807, 2.05) is 0 Å². The Hall–Kier alpha value is -2.85. The van der Waals surface area contributed by atoms with Gasteiger partial charge in [0, 0.05) is 12.7 Å². The maximum atomic E-state index is 14.0. The van der Waals surface area contributed by atoms with Gasteiger partial charge in [0.25, 0.3) is 5.56 Å². The van der Waals surface area contributed by atoms with Crippen LogP contribution in [0.15, 0.2) is 46.1 Å². The number of pyridine rings is 1. The summed E-state index contributed by atoms with van der Waals surface area (Å²) in [5, 5.41) is 0. The van der Waals surface area contributed by atoms with Crippen molar-refractivity contribution >= 4 is 32.9 Å². The first-order valence-corrected chi connectivity index (χ1v) is 9.36. The van der Waals surface area contributed by atoms with Crippen molar-refractivity contribution < 1.29 is 23.4 Å². The Morgan fingerprint density at radius 1 is 1.31 bits per heavy atom. The Morgan fingerprint density at radius 3 is 2.83 bits per heavy atom. The molecule has 3 aromatic rings. The topological polar surface area (TPSA) is 92.5 Å². The molecule has 1 atom stereocenters. The maximum absolute atomic E-state index is 14.0. The summed E-state index contributed by atoms with van der Waals surface area (Å²) in [6, 6.07) is 5.57. The summed E-state index contributed by atoms with van der Waals surface area (Å²) in [7, 11) is 1.42. The number of ether oxygens (including phenoxy) is 3. The molecule has 0 aliphatic heterocycles. The Balaban J connectivity index is 2.24. The molecular weight excluding hydrogens is 449 g/mol. The van der Waals surface area contributed by atoms with Crippen LogP contribution in [0.4, 0.5) is 4.39 Å². The van der Waals surface area contributed by atoms with E-state index in [9.17, 15) is 14.0 Å².